The van der Waals surface area contributed by atoms with Crippen molar-refractivity contribution in [3.63, 3.8) is 0 Å². The molecule has 13 heteroatoms. The van der Waals surface area contributed by atoms with E-state index in [9.17, 15) is 19.8 Å². The number of hydrogen-bond donors (Lipinski definition) is 2. The third kappa shape index (κ3) is 17.4. The maximum Gasteiger partial charge on any atom is 0.306 e. The molecule has 0 aliphatic rings. The summed E-state index contributed by atoms with van der Waals surface area (Å²) in [6.07, 6.45) is 3.49. The van der Waals surface area contributed by atoms with E-state index in [1.54, 1.807) is 37.7 Å². The third-order valence-electron chi connectivity index (χ3n) is 8.93. The lowest BCUT2D eigenvalue weighted by Gasteiger charge is -2.26. The summed E-state index contributed by atoms with van der Waals surface area (Å²) < 4.78 is 33.0. The van der Waals surface area contributed by atoms with Crippen molar-refractivity contribution in [3.05, 3.63) is 59.7 Å². The first kappa shape index (κ1) is 44.9. The van der Waals surface area contributed by atoms with Crippen LogP contribution in [0.1, 0.15) is 64.0 Å². The van der Waals surface area contributed by atoms with Crippen molar-refractivity contribution >= 4 is 43.8 Å². The van der Waals surface area contributed by atoms with Crippen molar-refractivity contribution in [3.8, 4) is 11.5 Å². The predicted molar refractivity (Wildman–Crippen MR) is 209 cm³/mol. The summed E-state index contributed by atoms with van der Waals surface area (Å²) in [5.41, 5.74) is 1.49. The van der Waals surface area contributed by atoms with Crippen LogP contribution < -0.4 is 9.47 Å². The molecule has 10 nitrogen and oxygen atoms in total. The van der Waals surface area contributed by atoms with Gasteiger partial charge in [-0.3, -0.25) is 9.59 Å². The van der Waals surface area contributed by atoms with Crippen molar-refractivity contribution in [2.75, 3.05) is 76.5 Å². The fourth-order valence-corrected chi connectivity index (χ4v) is 8.38. The zero-order chi connectivity index (χ0) is 37.6. The number of ether oxygens (including phenoxy) is 5. The van der Waals surface area contributed by atoms with E-state index in [1.165, 1.54) is 0 Å². The molecule has 0 amide bonds. The molecular formula is C38H60O10S2Si. The van der Waals surface area contributed by atoms with Gasteiger partial charge in [0, 0.05) is 31.1 Å². The fraction of sp³-hybridized carbons (Fsp3) is 0.632. The number of esters is 2. The molecule has 2 rings (SSSR count). The van der Waals surface area contributed by atoms with Gasteiger partial charge in [-0.25, -0.2) is 0 Å². The van der Waals surface area contributed by atoms with Crippen molar-refractivity contribution in [2.24, 2.45) is 0 Å². The predicted octanol–water partition coefficient (Wildman–Crippen LogP) is 6.42. The topological polar surface area (TPSA) is 130 Å². The van der Waals surface area contributed by atoms with Gasteiger partial charge in [0.25, 0.3) is 0 Å². The van der Waals surface area contributed by atoms with Crippen LogP contribution in [0.4, 0.5) is 0 Å². The minimum atomic E-state index is -1.96. The number of thioether (sulfide) groups is 2. The van der Waals surface area contributed by atoms with E-state index >= 15 is 0 Å². The number of benzene rings is 2. The van der Waals surface area contributed by atoms with Crippen molar-refractivity contribution in [1.82, 2.24) is 0 Å². The van der Waals surface area contributed by atoms with Crippen LogP contribution in [0.15, 0.2) is 48.5 Å². The minimum Gasteiger partial charge on any atom is -0.490 e. The van der Waals surface area contributed by atoms with Crippen LogP contribution in [0.2, 0.25) is 12.6 Å². The third-order valence-corrected chi connectivity index (χ3v) is 14.1. The number of aliphatic hydroxyl groups excluding tert-OH is 2. The van der Waals surface area contributed by atoms with Gasteiger partial charge in [0.1, 0.15) is 37.9 Å². The van der Waals surface area contributed by atoms with Gasteiger partial charge >= 0.3 is 11.9 Å². The molecule has 2 aromatic carbocycles. The first-order valence-corrected chi connectivity index (χ1v) is 22.8. The van der Waals surface area contributed by atoms with E-state index in [0.717, 1.165) is 47.9 Å². The lowest BCUT2D eigenvalue weighted by atomic mass is 9.78. The van der Waals surface area contributed by atoms with Crippen LogP contribution in [0.5, 0.6) is 11.5 Å². The van der Waals surface area contributed by atoms with E-state index in [-0.39, 0.29) is 56.6 Å². The summed E-state index contributed by atoms with van der Waals surface area (Å²) >= 11 is 3.41. The van der Waals surface area contributed by atoms with Gasteiger partial charge in [-0.2, -0.15) is 23.5 Å². The summed E-state index contributed by atoms with van der Waals surface area (Å²) in [6, 6.07) is 16.8. The molecule has 0 saturated carbocycles. The number of hydrogen-bond acceptors (Lipinski definition) is 12. The largest absolute Gasteiger partial charge is 0.490 e. The highest BCUT2D eigenvalue weighted by atomic mass is 32.2. The standard InChI is InChI=1S/C38H60O10S2Si/c1-37(2,31-9-13-33(14-10-31)45-20-22-47-35(41)17-26-49-24-7-19-38(3,29-39)43-4)32-11-15-34(16-12-32)46-21-23-48-36(42)18-27-50-25-8-28-51(6,30-40)44-5/h9-16,39-40H,7-8,17-30H2,1-6H3. The Hall–Kier alpha value is -2.26. The normalized spacial score (nSPS) is 14.0. The molecule has 2 aromatic rings. The summed E-state index contributed by atoms with van der Waals surface area (Å²) in [5, 5.41) is 18.8. The Balaban J connectivity index is 1.61. The van der Waals surface area contributed by atoms with Gasteiger partial charge in [0.15, 0.2) is 0 Å². The Morgan fingerprint density at radius 1 is 0.706 bits per heavy atom. The summed E-state index contributed by atoms with van der Waals surface area (Å²) in [6.45, 7) is 9.19. The smallest absolute Gasteiger partial charge is 0.306 e. The van der Waals surface area contributed by atoms with E-state index < -0.39 is 13.9 Å². The molecule has 2 unspecified atom stereocenters. The van der Waals surface area contributed by atoms with Gasteiger partial charge in [0.05, 0.1) is 31.3 Å². The lowest BCUT2D eigenvalue weighted by Crippen LogP contribution is -2.38. The quantitative estimate of drug-likeness (QED) is 0.0563. The Labute approximate surface area is 314 Å². The Morgan fingerprint density at radius 2 is 1.18 bits per heavy atom. The molecule has 51 heavy (non-hydrogen) atoms. The first-order valence-electron chi connectivity index (χ1n) is 17.7. The fourth-order valence-electron chi connectivity index (χ4n) is 4.98. The highest BCUT2D eigenvalue weighted by Gasteiger charge is 2.26. The first-order chi connectivity index (χ1) is 24.4. The second-order valence-electron chi connectivity index (χ2n) is 13.4. The Kier molecular flexibility index (Phi) is 21.2. The average Bonchev–Trinajstić information content (AvgIpc) is 3.14. The molecule has 2 N–H and O–H groups in total. The summed E-state index contributed by atoms with van der Waals surface area (Å²) in [7, 11) is 1.32. The average molecular weight is 769 g/mol. The highest BCUT2D eigenvalue weighted by Crippen LogP contribution is 2.33. The number of methoxy groups -OCH3 is 1. The van der Waals surface area contributed by atoms with Crippen LogP contribution in [-0.4, -0.2) is 113 Å². The summed E-state index contributed by atoms with van der Waals surface area (Å²) in [4.78, 5) is 24.1. The molecule has 0 spiro atoms. The number of carbonyl (C=O) groups is 2. The van der Waals surface area contributed by atoms with Gasteiger partial charge in [-0.05, 0) is 85.7 Å². The molecular weight excluding hydrogens is 709 g/mol. The van der Waals surface area contributed by atoms with Gasteiger partial charge in [-0.15, -0.1) is 0 Å². The number of aliphatic hydroxyl groups is 2. The SMILES string of the molecule is COC(C)(CO)CCCSCCC(=O)OCCOc1ccc(C(C)(C)c2ccc(OCCOC(=O)CCSCCC[Si](C)(CO)OC)cc2)cc1. The van der Waals surface area contributed by atoms with Crippen LogP contribution in [0.25, 0.3) is 0 Å². The van der Waals surface area contributed by atoms with Crippen molar-refractivity contribution < 1.29 is 47.9 Å². The molecule has 2 atom stereocenters. The monoisotopic (exact) mass is 768 g/mol. The van der Waals surface area contributed by atoms with Gasteiger partial charge < -0.3 is 38.3 Å². The van der Waals surface area contributed by atoms with Crippen molar-refractivity contribution in [1.29, 1.82) is 0 Å². The zero-order valence-corrected chi connectivity index (χ0v) is 34.0. The highest BCUT2D eigenvalue weighted by molar-refractivity contribution is 7.99. The van der Waals surface area contributed by atoms with E-state index in [0.29, 0.717) is 35.8 Å². The van der Waals surface area contributed by atoms with Crippen LogP contribution in [-0.2, 0) is 33.6 Å². The second kappa shape index (κ2) is 24.1. The van der Waals surface area contributed by atoms with E-state index in [4.69, 9.17) is 28.1 Å². The Morgan fingerprint density at radius 3 is 1.59 bits per heavy atom. The maximum absolute atomic E-state index is 12.1. The lowest BCUT2D eigenvalue weighted by molar-refractivity contribution is -0.144. The minimum absolute atomic E-state index is 0.00658. The van der Waals surface area contributed by atoms with Crippen molar-refractivity contribution in [2.45, 2.75) is 76.5 Å². The van der Waals surface area contributed by atoms with Gasteiger partial charge in [0.2, 0.25) is 8.32 Å². The Bertz CT molecular complexity index is 1160. The van der Waals surface area contributed by atoms with Crippen LogP contribution >= 0.6 is 23.5 Å². The second-order valence-corrected chi connectivity index (χ2v) is 19.9. The molecule has 0 saturated heterocycles. The number of rotatable bonds is 28. The van der Waals surface area contributed by atoms with E-state index in [2.05, 4.69) is 13.8 Å². The molecule has 0 aromatic heterocycles. The van der Waals surface area contributed by atoms with Gasteiger partial charge in [-0.1, -0.05) is 38.1 Å². The van der Waals surface area contributed by atoms with Crippen LogP contribution in [0, 0.1) is 0 Å². The molecule has 288 valence electrons. The molecule has 0 radical (unpaired) electrons. The molecule has 0 aliphatic carbocycles. The molecule has 0 aliphatic heterocycles. The molecule has 0 fully saturated rings. The maximum atomic E-state index is 12.1. The zero-order valence-electron chi connectivity index (χ0n) is 31.4. The van der Waals surface area contributed by atoms with E-state index in [1.807, 2.05) is 62.0 Å². The summed E-state index contributed by atoms with van der Waals surface area (Å²) in [5.74, 6) is 4.19. The molecule has 0 heterocycles. The number of carbonyl (C=O) groups excluding carboxylic acids is 2. The van der Waals surface area contributed by atoms with Crippen LogP contribution in [0.3, 0.4) is 0 Å². The molecule has 0 bridgehead atoms.